The Morgan fingerprint density at radius 1 is 1.44 bits per heavy atom. The van der Waals surface area contributed by atoms with Crippen molar-refractivity contribution in [3.8, 4) is 0 Å². The number of hydrogen-bond donors (Lipinski definition) is 1. The SMILES string of the molecule is O=C(NC1(c2cccc(Br)c2)CC1)[C@H]1CCCO1. The molecule has 1 aromatic rings. The summed E-state index contributed by atoms with van der Waals surface area (Å²) < 4.78 is 6.48. The lowest BCUT2D eigenvalue weighted by atomic mass is 10.0. The largest absolute Gasteiger partial charge is 0.368 e. The first-order valence-electron chi connectivity index (χ1n) is 6.39. The molecule has 1 atom stereocenters. The fourth-order valence-corrected chi connectivity index (χ4v) is 2.90. The third-order valence-corrected chi connectivity index (χ3v) is 4.21. The highest BCUT2D eigenvalue weighted by molar-refractivity contribution is 9.10. The number of ether oxygens (including phenoxy) is 1. The zero-order valence-electron chi connectivity index (χ0n) is 10.1. The van der Waals surface area contributed by atoms with E-state index in [0.29, 0.717) is 6.61 Å². The molecular weight excluding hydrogens is 294 g/mol. The third-order valence-electron chi connectivity index (χ3n) is 3.71. The molecule has 1 N–H and O–H groups in total. The highest BCUT2D eigenvalue weighted by Gasteiger charge is 2.46. The Hall–Kier alpha value is -0.870. The van der Waals surface area contributed by atoms with Crippen LogP contribution in [-0.4, -0.2) is 18.6 Å². The fourth-order valence-electron chi connectivity index (χ4n) is 2.50. The summed E-state index contributed by atoms with van der Waals surface area (Å²) in [4.78, 5) is 12.1. The molecule has 1 heterocycles. The molecule has 0 aromatic heterocycles. The topological polar surface area (TPSA) is 38.3 Å². The van der Waals surface area contributed by atoms with Gasteiger partial charge in [-0.25, -0.2) is 0 Å². The van der Waals surface area contributed by atoms with E-state index < -0.39 is 0 Å². The number of hydrogen-bond acceptors (Lipinski definition) is 2. The quantitative estimate of drug-likeness (QED) is 0.932. The summed E-state index contributed by atoms with van der Waals surface area (Å²) in [7, 11) is 0. The van der Waals surface area contributed by atoms with Gasteiger partial charge in [0.1, 0.15) is 6.10 Å². The van der Waals surface area contributed by atoms with E-state index in [4.69, 9.17) is 4.74 Å². The molecule has 1 aliphatic carbocycles. The Morgan fingerprint density at radius 2 is 2.28 bits per heavy atom. The number of benzene rings is 1. The van der Waals surface area contributed by atoms with E-state index in [0.717, 1.165) is 30.2 Å². The van der Waals surface area contributed by atoms with Crippen molar-refractivity contribution in [2.75, 3.05) is 6.61 Å². The number of carbonyl (C=O) groups is 1. The van der Waals surface area contributed by atoms with Crippen LogP contribution in [0.2, 0.25) is 0 Å². The molecule has 1 aliphatic heterocycles. The molecule has 4 heteroatoms. The van der Waals surface area contributed by atoms with Crippen LogP contribution in [0.1, 0.15) is 31.2 Å². The summed E-state index contributed by atoms with van der Waals surface area (Å²) in [5, 5.41) is 3.17. The van der Waals surface area contributed by atoms with Gasteiger partial charge in [-0.2, -0.15) is 0 Å². The standard InChI is InChI=1S/C14H16BrNO2/c15-11-4-1-3-10(9-11)14(6-7-14)16-13(17)12-5-2-8-18-12/h1,3-4,9,12H,2,5-8H2,(H,16,17)/t12-/m1/s1. The minimum Gasteiger partial charge on any atom is -0.368 e. The van der Waals surface area contributed by atoms with Crippen LogP contribution in [0.15, 0.2) is 28.7 Å². The zero-order chi connectivity index (χ0) is 12.6. The molecule has 0 unspecified atom stereocenters. The first-order valence-corrected chi connectivity index (χ1v) is 7.19. The first kappa shape index (κ1) is 12.2. The Labute approximate surface area is 115 Å². The van der Waals surface area contributed by atoms with Gasteiger partial charge in [0.15, 0.2) is 0 Å². The van der Waals surface area contributed by atoms with Crippen LogP contribution in [0.3, 0.4) is 0 Å². The molecule has 0 radical (unpaired) electrons. The molecule has 18 heavy (non-hydrogen) atoms. The van der Waals surface area contributed by atoms with Gasteiger partial charge in [0.2, 0.25) is 5.91 Å². The van der Waals surface area contributed by atoms with Gasteiger partial charge in [-0.1, -0.05) is 28.1 Å². The summed E-state index contributed by atoms with van der Waals surface area (Å²) in [5.41, 5.74) is 1.04. The third kappa shape index (κ3) is 2.31. The molecule has 1 amide bonds. The van der Waals surface area contributed by atoms with E-state index in [1.807, 2.05) is 12.1 Å². The van der Waals surface area contributed by atoms with Crippen molar-refractivity contribution in [2.45, 2.75) is 37.3 Å². The minimum atomic E-state index is -0.241. The molecule has 0 spiro atoms. The highest BCUT2D eigenvalue weighted by atomic mass is 79.9. The predicted molar refractivity (Wildman–Crippen MR) is 72.2 cm³/mol. The lowest BCUT2D eigenvalue weighted by Crippen LogP contribution is -2.41. The number of halogens is 1. The van der Waals surface area contributed by atoms with E-state index in [1.54, 1.807) is 0 Å². The smallest absolute Gasteiger partial charge is 0.249 e. The Bertz CT molecular complexity index is 465. The maximum atomic E-state index is 12.1. The highest BCUT2D eigenvalue weighted by Crippen LogP contribution is 2.46. The molecule has 0 bridgehead atoms. The lowest BCUT2D eigenvalue weighted by molar-refractivity contribution is -0.131. The van der Waals surface area contributed by atoms with Crippen molar-refractivity contribution in [3.63, 3.8) is 0 Å². The Morgan fingerprint density at radius 3 is 2.89 bits per heavy atom. The van der Waals surface area contributed by atoms with Gasteiger partial charge in [0.05, 0.1) is 5.54 Å². The minimum absolute atomic E-state index is 0.0463. The van der Waals surface area contributed by atoms with Gasteiger partial charge in [0, 0.05) is 11.1 Å². The first-order chi connectivity index (χ1) is 8.70. The van der Waals surface area contributed by atoms with Gasteiger partial charge >= 0.3 is 0 Å². The van der Waals surface area contributed by atoms with Crippen molar-refractivity contribution in [1.29, 1.82) is 0 Å². The van der Waals surface area contributed by atoms with Gasteiger partial charge in [-0.3, -0.25) is 4.79 Å². The second-order valence-electron chi connectivity index (χ2n) is 5.08. The van der Waals surface area contributed by atoms with E-state index >= 15 is 0 Å². The van der Waals surface area contributed by atoms with Gasteiger partial charge in [-0.15, -0.1) is 0 Å². The summed E-state index contributed by atoms with van der Waals surface area (Å²) in [5.74, 6) is 0.0463. The van der Waals surface area contributed by atoms with Crippen LogP contribution in [0, 0.1) is 0 Å². The van der Waals surface area contributed by atoms with E-state index in [-0.39, 0.29) is 17.6 Å². The van der Waals surface area contributed by atoms with Crippen molar-refractivity contribution >= 4 is 21.8 Å². The van der Waals surface area contributed by atoms with Crippen molar-refractivity contribution < 1.29 is 9.53 Å². The maximum Gasteiger partial charge on any atom is 0.249 e. The maximum absolute atomic E-state index is 12.1. The van der Waals surface area contributed by atoms with Crippen LogP contribution >= 0.6 is 15.9 Å². The second kappa shape index (κ2) is 4.67. The number of carbonyl (C=O) groups excluding carboxylic acids is 1. The number of amides is 1. The second-order valence-corrected chi connectivity index (χ2v) is 6.00. The lowest BCUT2D eigenvalue weighted by Gasteiger charge is -2.20. The number of rotatable bonds is 3. The Balaban J connectivity index is 1.73. The average Bonchev–Trinajstić information content (AvgIpc) is 2.93. The average molecular weight is 310 g/mol. The summed E-state index contributed by atoms with van der Waals surface area (Å²) >= 11 is 3.48. The van der Waals surface area contributed by atoms with Crippen molar-refractivity contribution in [1.82, 2.24) is 5.32 Å². The van der Waals surface area contributed by atoms with Crippen LogP contribution < -0.4 is 5.32 Å². The van der Waals surface area contributed by atoms with E-state index in [1.165, 1.54) is 5.56 Å². The molecule has 2 aliphatic rings. The van der Waals surface area contributed by atoms with Crippen LogP contribution in [-0.2, 0) is 15.1 Å². The zero-order valence-corrected chi connectivity index (χ0v) is 11.7. The van der Waals surface area contributed by atoms with Crippen LogP contribution in [0.4, 0.5) is 0 Å². The molecule has 1 aromatic carbocycles. The van der Waals surface area contributed by atoms with Crippen LogP contribution in [0.25, 0.3) is 0 Å². The molecule has 1 saturated carbocycles. The molecular formula is C14H16BrNO2. The van der Waals surface area contributed by atoms with Crippen molar-refractivity contribution in [3.05, 3.63) is 34.3 Å². The van der Waals surface area contributed by atoms with Gasteiger partial charge < -0.3 is 10.1 Å². The molecule has 2 fully saturated rings. The summed E-state index contributed by atoms with van der Waals surface area (Å²) in [6.45, 7) is 0.710. The summed E-state index contributed by atoms with van der Waals surface area (Å²) in [6.07, 6.45) is 3.63. The molecule has 96 valence electrons. The van der Waals surface area contributed by atoms with Gasteiger partial charge in [-0.05, 0) is 43.4 Å². The van der Waals surface area contributed by atoms with Crippen molar-refractivity contribution in [2.24, 2.45) is 0 Å². The summed E-state index contributed by atoms with van der Waals surface area (Å²) in [6, 6.07) is 8.18. The molecule has 1 saturated heterocycles. The fraction of sp³-hybridized carbons (Fsp3) is 0.500. The van der Waals surface area contributed by atoms with E-state index in [2.05, 4.69) is 33.4 Å². The Kier molecular flexibility index (Phi) is 3.16. The van der Waals surface area contributed by atoms with Crippen LogP contribution in [0.5, 0.6) is 0 Å². The molecule has 3 rings (SSSR count). The van der Waals surface area contributed by atoms with E-state index in [9.17, 15) is 4.79 Å². The number of nitrogens with one attached hydrogen (secondary N) is 1. The van der Waals surface area contributed by atoms with Gasteiger partial charge in [0.25, 0.3) is 0 Å². The molecule has 3 nitrogen and oxygen atoms in total. The normalized spacial score (nSPS) is 24.8. The monoisotopic (exact) mass is 309 g/mol. The predicted octanol–water partition coefficient (Wildman–Crippen LogP) is 2.73.